The molecule has 1 fully saturated rings. The van der Waals surface area contributed by atoms with E-state index in [4.69, 9.17) is 0 Å². The van der Waals surface area contributed by atoms with Gasteiger partial charge in [-0.15, -0.1) is 0 Å². The maximum atomic E-state index is 11.6. The van der Waals surface area contributed by atoms with E-state index in [-0.39, 0.29) is 17.9 Å². The normalized spacial score (nSPS) is 20.9. The number of rotatable bonds is 5. The molecule has 4 nitrogen and oxygen atoms in total. The zero-order valence-electron chi connectivity index (χ0n) is 11.2. The lowest BCUT2D eigenvalue weighted by molar-refractivity contribution is -0.150. The summed E-state index contributed by atoms with van der Waals surface area (Å²) in [6.07, 6.45) is 6.63. The molecular formula is C13H24O4S. The molecule has 0 aromatic rings. The van der Waals surface area contributed by atoms with E-state index in [2.05, 4.69) is 0 Å². The van der Waals surface area contributed by atoms with Crippen LogP contribution in [0.3, 0.4) is 0 Å². The van der Waals surface area contributed by atoms with Crippen LogP contribution >= 0.6 is 0 Å². The van der Waals surface area contributed by atoms with Crippen molar-refractivity contribution in [2.75, 3.05) is 11.5 Å². The van der Waals surface area contributed by atoms with Gasteiger partial charge < -0.3 is 5.11 Å². The van der Waals surface area contributed by atoms with Gasteiger partial charge in [0.25, 0.3) is 0 Å². The number of hydrogen-bond donors (Lipinski definition) is 1. The maximum absolute atomic E-state index is 11.6. The SMILES string of the molecule is CCS(=O)(=O)CCC1(C(=O)O)CCCCCCC1. The Labute approximate surface area is 110 Å². The summed E-state index contributed by atoms with van der Waals surface area (Å²) in [5, 5.41) is 9.48. The van der Waals surface area contributed by atoms with Crippen molar-refractivity contribution in [2.45, 2.75) is 58.3 Å². The summed E-state index contributed by atoms with van der Waals surface area (Å²) in [7, 11) is -3.07. The minimum Gasteiger partial charge on any atom is -0.481 e. The van der Waals surface area contributed by atoms with Crippen LogP contribution in [0.15, 0.2) is 0 Å². The second kappa shape index (κ2) is 6.55. The van der Waals surface area contributed by atoms with Gasteiger partial charge in [0.05, 0.1) is 11.2 Å². The molecule has 0 atom stereocenters. The highest BCUT2D eigenvalue weighted by Crippen LogP contribution is 2.38. The van der Waals surface area contributed by atoms with E-state index in [0.717, 1.165) is 25.7 Å². The van der Waals surface area contributed by atoms with Gasteiger partial charge in [-0.1, -0.05) is 39.0 Å². The van der Waals surface area contributed by atoms with Crippen LogP contribution in [-0.4, -0.2) is 31.0 Å². The molecule has 0 aliphatic heterocycles. The fraction of sp³-hybridized carbons (Fsp3) is 0.923. The summed E-state index contributed by atoms with van der Waals surface area (Å²) in [5.74, 6) is -0.700. The Morgan fingerprint density at radius 1 is 1.11 bits per heavy atom. The Kier molecular flexibility index (Phi) is 5.63. The zero-order valence-corrected chi connectivity index (χ0v) is 12.0. The lowest BCUT2D eigenvalue weighted by atomic mass is 9.74. The van der Waals surface area contributed by atoms with Crippen LogP contribution in [0.5, 0.6) is 0 Å². The van der Waals surface area contributed by atoms with Crippen molar-refractivity contribution in [2.24, 2.45) is 5.41 Å². The first-order valence-corrected chi connectivity index (χ1v) is 8.68. The van der Waals surface area contributed by atoms with Crippen molar-refractivity contribution in [3.05, 3.63) is 0 Å². The van der Waals surface area contributed by atoms with Crippen molar-refractivity contribution in [1.29, 1.82) is 0 Å². The van der Waals surface area contributed by atoms with Gasteiger partial charge >= 0.3 is 5.97 Å². The largest absolute Gasteiger partial charge is 0.481 e. The van der Waals surface area contributed by atoms with Crippen LogP contribution in [0, 0.1) is 5.41 Å². The molecule has 1 rings (SSSR count). The molecule has 0 saturated heterocycles. The highest BCUT2D eigenvalue weighted by atomic mass is 32.2. The zero-order chi connectivity index (χ0) is 13.6. The molecule has 0 bridgehead atoms. The lowest BCUT2D eigenvalue weighted by Gasteiger charge is -2.31. The molecule has 1 aliphatic rings. The van der Waals surface area contributed by atoms with Crippen LogP contribution in [0.2, 0.25) is 0 Å². The molecule has 1 N–H and O–H groups in total. The highest BCUT2D eigenvalue weighted by molar-refractivity contribution is 7.91. The summed E-state index contributed by atoms with van der Waals surface area (Å²) in [4.78, 5) is 11.6. The Hall–Kier alpha value is -0.580. The van der Waals surface area contributed by atoms with Crippen molar-refractivity contribution in [1.82, 2.24) is 0 Å². The third kappa shape index (κ3) is 4.26. The van der Waals surface area contributed by atoms with Gasteiger partial charge in [0.1, 0.15) is 9.84 Å². The third-order valence-corrected chi connectivity index (χ3v) is 5.80. The second-order valence-electron chi connectivity index (χ2n) is 5.34. The van der Waals surface area contributed by atoms with E-state index in [9.17, 15) is 18.3 Å². The number of carbonyl (C=O) groups is 1. The Bertz CT molecular complexity index is 364. The molecule has 0 amide bonds. The van der Waals surface area contributed by atoms with Crippen LogP contribution in [0.1, 0.15) is 58.3 Å². The van der Waals surface area contributed by atoms with Crippen LogP contribution < -0.4 is 0 Å². The predicted molar refractivity (Wildman–Crippen MR) is 71.3 cm³/mol. The number of sulfone groups is 1. The summed E-state index contributed by atoms with van der Waals surface area (Å²) in [6, 6.07) is 0. The Morgan fingerprint density at radius 3 is 2.06 bits per heavy atom. The number of hydrogen-bond acceptors (Lipinski definition) is 3. The van der Waals surface area contributed by atoms with Crippen molar-refractivity contribution in [3.63, 3.8) is 0 Å². The minimum absolute atomic E-state index is 0.00972. The van der Waals surface area contributed by atoms with Crippen LogP contribution in [0.25, 0.3) is 0 Å². The molecule has 1 saturated carbocycles. The van der Waals surface area contributed by atoms with E-state index in [1.54, 1.807) is 6.92 Å². The molecule has 0 unspecified atom stereocenters. The second-order valence-corrected chi connectivity index (χ2v) is 7.81. The van der Waals surface area contributed by atoms with E-state index in [1.807, 2.05) is 0 Å². The Balaban J connectivity index is 2.75. The quantitative estimate of drug-likeness (QED) is 0.838. The third-order valence-electron chi connectivity index (χ3n) is 4.10. The molecule has 0 aromatic carbocycles. The average Bonchev–Trinajstić information content (AvgIpc) is 2.28. The highest BCUT2D eigenvalue weighted by Gasteiger charge is 2.38. The standard InChI is InChI=1S/C13H24O4S/c1-2-18(16,17)11-10-13(12(14)15)8-6-4-3-5-7-9-13/h2-11H2,1H3,(H,14,15). The van der Waals surface area contributed by atoms with Crippen molar-refractivity contribution >= 4 is 15.8 Å². The van der Waals surface area contributed by atoms with Crippen LogP contribution in [-0.2, 0) is 14.6 Å². The molecule has 18 heavy (non-hydrogen) atoms. The molecule has 1 aliphatic carbocycles. The van der Waals surface area contributed by atoms with Gasteiger partial charge in [0, 0.05) is 5.75 Å². The number of aliphatic carboxylic acids is 1. The molecule has 0 heterocycles. The number of carboxylic acids is 1. The molecule has 0 spiro atoms. The molecule has 0 aromatic heterocycles. The fourth-order valence-electron chi connectivity index (χ4n) is 2.65. The molecular weight excluding hydrogens is 252 g/mol. The summed E-state index contributed by atoms with van der Waals surface area (Å²) in [5.41, 5.74) is -0.803. The average molecular weight is 276 g/mol. The number of carboxylic acid groups (broad SMARTS) is 1. The minimum atomic E-state index is -3.07. The van der Waals surface area contributed by atoms with Gasteiger partial charge in [0.2, 0.25) is 0 Å². The van der Waals surface area contributed by atoms with Gasteiger partial charge in [-0.3, -0.25) is 4.79 Å². The predicted octanol–water partition coefficient (Wildman–Crippen LogP) is 2.63. The summed E-state index contributed by atoms with van der Waals surface area (Å²) < 4.78 is 23.1. The first kappa shape index (κ1) is 15.5. The van der Waals surface area contributed by atoms with Gasteiger partial charge in [-0.25, -0.2) is 8.42 Å². The van der Waals surface area contributed by atoms with Crippen molar-refractivity contribution in [3.8, 4) is 0 Å². The topological polar surface area (TPSA) is 71.4 Å². The first-order chi connectivity index (χ1) is 8.42. The van der Waals surface area contributed by atoms with E-state index in [1.165, 1.54) is 6.42 Å². The lowest BCUT2D eigenvalue weighted by Crippen LogP contribution is -2.34. The monoisotopic (exact) mass is 276 g/mol. The smallest absolute Gasteiger partial charge is 0.309 e. The van der Waals surface area contributed by atoms with E-state index in [0.29, 0.717) is 12.8 Å². The van der Waals surface area contributed by atoms with E-state index < -0.39 is 21.2 Å². The van der Waals surface area contributed by atoms with Gasteiger partial charge in [-0.2, -0.15) is 0 Å². The molecule has 0 radical (unpaired) electrons. The molecule has 106 valence electrons. The molecule has 5 heteroatoms. The summed E-state index contributed by atoms with van der Waals surface area (Å²) in [6.45, 7) is 1.61. The van der Waals surface area contributed by atoms with Crippen molar-refractivity contribution < 1.29 is 18.3 Å². The Morgan fingerprint density at radius 2 is 1.61 bits per heavy atom. The van der Waals surface area contributed by atoms with Crippen LogP contribution in [0.4, 0.5) is 0 Å². The van der Waals surface area contributed by atoms with Gasteiger partial charge in [0.15, 0.2) is 0 Å². The summed E-state index contributed by atoms with van der Waals surface area (Å²) >= 11 is 0. The van der Waals surface area contributed by atoms with Gasteiger partial charge in [-0.05, 0) is 19.3 Å². The maximum Gasteiger partial charge on any atom is 0.309 e. The van der Waals surface area contributed by atoms with E-state index >= 15 is 0 Å². The first-order valence-electron chi connectivity index (χ1n) is 6.86. The fourth-order valence-corrected chi connectivity index (χ4v) is 3.64.